The van der Waals surface area contributed by atoms with Gasteiger partial charge in [0.1, 0.15) is 6.23 Å². The van der Waals surface area contributed by atoms with Crippen LogP contribution in [0, 0.1) is 10.8 Å². The van der Waals surface area contributed by atoms with Crippen LogP contribution in [0.4, 0.5) is 11.4 Å². The molecule has 0 spiro atoms. The van der Waals surface area contributed by atoms with Crippen molar-refractivity contribution >= 4 is 29.4 Å². The summed E-state index contributed by atoms with van der Waals surface area (Å²) in [6, 6.07) is 6.64. The van der Waals surface area contributed by atoms with E-state index in [0.29, 0.717) is 78.2 Å². The molecule has 0 bridgehead atoms. The van der Waals surface area contributed by atoms with Gasteiger partial charge in [0.2, 0.25) is 0 Å². The lowest BCUT2D eigenvalue weighted by molar-refractivity contribution is 0.0527. The fraction of sp³-hybridized carbons (Fsp3) is 0.525. The summed E-state index contributed by atoms with van der Waals surface area (Å²) in [7, 11) is 4.94. The second kappa shape index (κ2) is 13.9. The number of anilines is 1. The van der Waals surface area contributed by atoms with Crippen LogP contribution in [-0.4, -0.2) is 98.8 Å². The lowest BCUT2D eigenvalue weighted by Crippen LogP contribution is -2.47. The van der Waals surface area contributed by atoms with Crippen LogP contribution in [0.2, 0.25) is 0 Å². The van der Waals surface area contributed by atoms with E-state index in [9.17, 15) is 14.7 Å². The van der Waals surface area contributed by atoms with E-state index >= 15 is 0 Å². The molecule has 1 N–H and O–H groups in total. The average Bonchev–Trinajstić information content (AvgIpc) is 3.64. The minimum atomic E-state index is -0.864. The molecule has 0 aromatic heterocycles. The van der Waals surface area contributed by atoms with E-state index < -0.39 is 6.23 Å². The van der Waals surface area contributed by atoms with Crippen LogP contribution in [0.25, 0.3) is 0 Å². The fourth-order valence-electron chi connectivity index (χ4n) is 7.35. The first-order chi connectivity index (χ1) is 24.1. The molecule has 11 nitrogen and oxygen atoms in total. The SMILES string of the molecule is C=C1CC2C=Nc3cc(OCC(C)(C)CCC(C)(C)CCOc4cc5c(cc4OC)C(=O)N4CC(=C)CC4C(O)N5C)c(OC)cc3C(=O)N2C1. The molecule has 0 saturated carbocycles. The predicted octanol–water partition coefficient (Wildman–Crippen LogP) is 6.41. The van der Waals surface area contributed by atoms with Crippen LogP contribution < -0.4 is 23.8 Å². The smallest absolute Gasteiger partial charge is 0.257 e. The summed E-state index contributed by atoms with van der Waals surface area (Å²) in [6.45, 7) is 18.8. The highest BCUT2D eigenvalue weighted by molar-refractivity contribution is 6.04. The molecule has 2 aromatic carbocycles. The van der Waals surface area contributed by atoms with E-state index in [1.807, 2.05) is 17.2 Å². The number of nitrogens with zero attached hydrogens (tertiary/aromatic N) is 4. The summed E-state index contributed by atoms with van der Waals surface area (Å²) in [6.07, 6.45) is 4.89. The minimum absolute atomic E-state index is 0.0399. The van der Waals surface area contributed by atoms with Gasteiger partial charge < -0.3 is 38.8 Å². The largest absolute Gasteiger partial charge is 0.493 e. The topological polar surface area (TPSA) is 113 Å². The van der Waals surface area contributed by atoms with Gasteiger partial charge in [0.25, 0.3) is 11.8 Å². The highest BCUT2D eigenvalue weighted by Gasteiger charge is 2.43. The zero-order valence-electron chi connectivity index (χ0n) is 31.1. The van der Waals surface area contributed by atoms with E-state index in [1.165, 1.54) is 0 Å². The van der Waals surface area contributed by atoms with Crippen LogP contribution in [-0.2, 0) is 0 Å². The van der Waals surface area contributed by atoms with E-state index in [2.05, 4.69) is 45.8 Å². The van der Waals surface area contributed by atoms with Gasteiger partial charge in [0, 0.05) is 38.5 Å². The maximum Gasteiger partial charge on any atom is 0.257 e. The quantitative estimate of drug-likeness (QED) is 0.253. The van der Waals surface area contributed by atoms with Gasteiger partial charge in [-0.2, -0.15) is 0 Å². The Kier molecular flexibility index (Phi) is 9.89. The van der Waals surface area contributed by atoms with Crippen LogP contribution in [0.5, 0.6) is 23.0 Å². The number of aliphatic imine (C=N–C) groups is 1. The lowest BCUT2D eigenvalue weighted by atomic mass is 9.78. The highest BCUT2D eigenvalue weighted by atomic mass is 16.5. The summed E-state index contributed by atoms with van der Waals surface area (Å²) < 4.78 is 24.0. The van der Waals surface area contributed by atoms with Crippen molar-refractivity contribution in [2.24, 2.45) is 15.8 Å². The van der Waals surface area contributed by atoms with Crippen molar-refractivity contribution in [2.75, 3.05) is 52.5 Å². The molecular weight excluding hydrogens is 648 g/mol. The van der Waals surface area contributed by atoms with Crippen molar-refractivity contribution in [3.8, 4) is 23.0 Å². The molecule has 2 amide bonds. The molecule has 4 heterocycles. The van der Waals surface area contributed by atoms with Gasteiger partial charge >= 0.3 is 0 Å². The standard InChI is InChI=1S/C40H52N4O7/c1-24-14-26-20-41-29-18-34(32(48-8)16-27(29)36(45)43(26)21-24)51-23-40(5,6)11-10-39(3,4)12-13-50-35-19-30-28(17-33(35)49-9)37(46)44-22-25(2)15-31(44)38(47)42(30)7/h16-20,26,31,38,47H,1-2,10-15,21-23H2,3-9H3. The Morgan fingerprint density at radius 1 is 0.804 bits per heavy atom. The monoisotopic (exact) mass is 700 g/mol. The van der Waals surface area contributed by atoms with Gasteiger partial charge in [0.15, 0.2) is 23.0 Å². The number of amides is 2. The number of benzene rings is 2. The van der Waals surface area contributed by atoms with Gasteiger partial charge in [-0.1, -0.05) is 52.0 Å². The van der Waals surface area contributed by atoms with Crippen molar-refractivity contribution in [2.45, 2.75) is 78.1 Å². The highest BCUT2D eigenvalue weighted by Crippen LogP contribution is 2.43. The number of ether oxygens (including phenoxy) is 4. The minimum Gasteiger partial charge on any atom is -0.493 e. The first kappa shape index (κ1) is 36.3. The molecule has 2 fully saturated rings. The van der Waals surface area contributed by atoms with Gasteiger partial charge in [-0.15, -0.1) is 0 Å². The second-order valence-electron chi connectivity index (χ2n) is 16.0. The van der Waals surface area contributed by atoms with Crippen molar-refractivity contribution in [1.82, 2.24) is 9.80 Å². The molecule has 3 unspecified atom stereocenters. The first-order valence-electron chi connectivity index (χ1n) is 17.7. The molecule has 2 saturated heterocycles. The Morgan fingerprint density at radius 2 is 1.41 bits per heavy atom. The number of fused-ring (bicyclic) bond motifs is 4. The molecule has 0 aliphatic carbocycles. The van der Waals surface area contributed by atoms with Crippen molar-refractivity contribution < 1.29 is 33.6 Å². The number of hydrogen-bond acceptors (Lipinski definition) is 9. The summed E-state index contributed by atoms with van der Waals surface area (Å²) in [5, 5.41) is 11.1. The van der Waals surface area contributed by atoms with Crippen LogP contribution in [0.3, 0.4) is 0 Å². The number of rotatable bonds is 12. The lowest BCUT2D eigenvalue weighted by Gasteiger charge is -2.31. The summed E-state index contributed by atoms with van der Waals surface area (Å²) in [5.41, 5.74) is 3.94. The molecule has 3 atom stereocenters. The van der Waals surface area contributed by atoms with Gasteiger partial charge in [0.05, 0.1) is 62.0 Å². The van der Waals surface area contributed by atoms with Crippen LogP contribution >= 0.6 is 0 Å². The number of aliphatic hydroxyl groups is 1. The maximum atomic E-state index is 13.5. The summed E-state index contributed by atoms with van der Waals surface area (Å²) in [4.78, 5) is 36.8. The fourth-order valence-corrected chi connectivity index (χ4v) is 7.35. The molecule has 2 aromatic rings. The van der Waals surface area contributed by atoms with E-state index in [0.717, 1.165) is 36.8 Å². The predicted molar refractivity (Wildman–Crippen MR) is 198 cm³/mol. The number of aliphatic hydroxyl groups excluding tert-OH is 1. The first-order valence-corrected chi connectivity index (χ1v) is 17.7. The number of likely N-dealkylation sites (N-methyl/N-ethyl adjacent to an activating group) is 1. The van der Waals surface area contributed by atoms with E-state index in [1.54, 1.807) is 49.3 Å². The van der Waals surface area contributed by atoms with Gasteiger partial charge in [-0.25, -0.2) is 0 Å². The Hall–Kier alpha value is -4.51. The molecule has 6 rings (SSSR count). The third-order valence-electron chi connectivity index (χ3n) is 10.8. The zero-order valence-corrected chi connectivity index (χ0v) is 31.1. The molecular formula is C40H52N4O7. The van der Waals surface area contributed by atoms with Crippen LogP contribution in [0.15, 0.2) is 53.6 Å². The molecule has 4 aliphatic heterocycles. The van der Waals surface area contributed by atoms with Crippen molar-refractivity contribution in [3.05, 3.63) is 59.7 Å². The Balaban J connectivity index is 1.06. The maximum absolute atomic E-state index is 13.5. The van der Waals surface area contributed by atoms with Gasteiger partial charge in [-0.05, 0) is 55.1 Å². The number of methoxy groups -OCH3 is 2. The average molecular weight is 701 g/mol. The third kappa shape index (κ3) is 7.31. The van der Waals surface area contributed by atoms with E-state index in [-0.39, 0.29) is 34.7 Å². The molecule has 0 radical (unpaired) electrons. The van der Waals surface area contributed by atoms with Gasteiger partial charge in [-0.3, -0.25) is 14.6 Å². The molecule has 4 aliphatic rings. The normalized spacial score (nSPS) is 21.6. The third-order valence-corrected chi connectivity index (χ3v) is 10.8. The Labute approximate surface area is 301 Å². The molecule has 51 heavy (non-hydrogen) atoms. The number of hydrogen-bond donors (Lipinski definition) is 1. The van der Waals surface area contributed by atoms with Crippen molar-refractivity contribution in [3.63, 3.8) is 0 Å². The Morgan fingerprint density at radius 3 is 2.12 bits per heavy atom. The molecule has 274 valence electrons. The second-order valence-corrected chi connectivity index (χ2v) is 16.0. The van der Waals surface area contributed by atoms with Crippen LogP contribution in [0.1, 0.15) is 80.5 Å². The summed E-state index contributed by atoms with van der Waals surface area (Å²) >= 11 is 0. The Bertz CT molecular complexity index is 1770. The van der Waals surface area contributed by atoms with Crippen molar-refractivity contribution in [1.29, 1.82) is 0 Å². The summed E-state index contributed by atoms with van der Waals surface area (Å²) in [5.74, 6) is 1.86. The number of carbonyl (C=O) groups excluding carboxylic acids is 2. The number of carbonyl (C=O) groups is 2. The zero-order chi connectivity index (χ0) is 36.8. The molecule has 11 heteroatoms. The van der Waals surface area contributed by atoms with E-state index in [4.69, 9.17) is 18.9 Å².